The summed E-state index contributed by atoms with van der Waals surface area (Å²) in [6.07, 6.45) is 6.36. The van der Waals surface area contributed by atoms with E-state index in [0.29, 0.717) is 0 Å². The van der Waals surface area contributed by atoms with Crippen molar-refractivity contribution < 1.29 is 4.21 Å². The van der Waals surface area contributed by atoms with E-state index in [1.165, 1.54) is 12.8 Å². The SMILES string of the molecule is CCCCCC=NS(=O)C(C)(C)C. The highest BCUT2D eigenvalue weighted by Crippen LogP contribution is 2.11. The summed E-state index contributed by atoms with van der Waals surface area (Å²) in [5.74, 6) is 0. The third-order valence-corrected chi connectivity index (χ3v) is 3.02. The van der Waals surface area contributed by atoms with E-state index in [-0.39, 0.29) is 4.75 Å². The Hall–Kier alpha value is -0.180. The van der Waals surface area contributed by atoms with Gasteiger partial charge in [-0.1, -0.05) is 19.8 Å². The summed E-state index contributed by atoms with van der Waals surface area (Å²) in [5, 5.41) is 0. The molecule has 2 nitrogen and oxygen atoms in total. The van der Waals surface area contributed by atoms with E-state index >= 15 is 0 Å². The van der Waals surface area contributed by atoms with Gasteiger partial charge in [0.15, 0.2) is 0 Å². The van der Waals surface area contributed by atoms with E-state index in [2.05, 4.69) is 11.3 Å². The number of nitrogens with zero attached hydrogens (tertiary/aromatic N) is 1. The molecule has 0 bridgehead atoms. The molecule has 13 heavy (non-hydrogen) atoms. The molecule has 0 aromatic carbocycles. The van der Waals surface area contributed by atoms with Crippen LogP contribution < -0.4 is 0 Å². The van der Waals surface area contributed by atoms with Crippen molar-refractivity contribution in [2.24, 2.45) is 4.40 Å². The molecule has 0 saturated heterocycles. The van der Waals surface area contributed by atoms with E-state index in [1.54, 1.807) is 6.21 Å². The van der Waals surface area contributed by atoms with E-state index in [9.17, 15) is 4.21 Å². The summed E-state index contributed by atoms with van der Waals surface area (Å²) in [6.45, 7) is 7.98. The maximum Gasteiger partial charge on any atom is 0.144 e. The second kappa shape index (κ2) is 6.30. The van der Waals surface area contributed by atoms with Crippen molar-refractivity contribution in [2.45, 2.75) is 58.1 Å². The summed E-state index contributed by atoms with van der Waals surface area (Å²) >= 11 is 0. The molecule has 0 aromatic rings. The number of hydrogen-bond donors (Lipinski definition) is 0. The van der Waals surface area contributed by atoms with Gasteiger partial charge < -0.3 is 0 Å². The van der Waals surface area contributed by atoms with Gasteiger partial charge in [0.1, 0.15) is 11.0 Å². The van der Waals surface area contributed by atoms with Gasteiger partial charge in [-0.2, -0.15) is 4.40 Å². The van der Waals surface area contributed by atoms with Gasteiger partial charge in [-0.05, 0) is 33.6 Å². The quantitative estimate of drug-likeness (QED) is 0.498. The standard InChI is InChI=1S/C10H21NOS/c1-5-6-7-8-9-11-13(12)10(2,3)4/h9H,5-8H2,1-4H3. The second-order valence-corrected chi connectivity index (χ2v) is 6.08. The van der Waals surface area contributed by atoms with E-state index in [1.807, 2.05) is 20.8 Å². The highest BCUT2D eigenvalue weighted by molar-refractivity contribution is 7.85. The Balaban J connectivity index is 3.67. The Morgan fingerprint density at radius 2 is 1.92 bits per heavy atom. The van der Waals surface area contributed by atoms with Crippen LogP contribution >= 0.6 is 0 Å². The Bertz CT molecular complexity index is 182. The monoisotopic (exact) mass is 203 g/mol. The maximum atomic E-state index is 11.4. The van der Waals surface area contributed by atoms with Gasteiger partial charge in [0.2, 0.25) is 0 Å². The van der Waals surface area contributed by atoms with Crippen LogP contribution in [0.4, 0.5) is 0 Å². The lowest BCUT2D eigenvalue weighted by Crippen LogP contribution is -2.19. The molecule has 0 aliphatic heterocycles. The van der Waals surface area contributed by atoms with Gasteiger partial charge in [0.25, 0.3) is 0 Å². The maximum absolute atomic E-state index is 11.4. The third-order valence-electron chi connectivity index (χ3n) is 1.63. The first-order chi connectivity index (χ1) is 5.98. The Morgan fingerprint density at radius 3 is 2.38 bits per heavy atom. The highest BCUT2D eigenvalue weighted by atomic mass is 32.2. The van der Waals surface area contributed by atoms with Crippen molar-refractivity contribution >= 4 is 17.2 Å². The van der Waals surface area contributed by atoms with Crippen LogP contribution in [0, 0.1) is 0 Å². The van der Waals surface area contributed by atoms with Crippen molar-refractivity contribution in [3.63, 3.8) is 0 Å². The van der Waals surface area contributed by atoms with Crippen molar-refractivity contribution in [1.29, 1.82) is 0 Å². The summed E-state index contributed by atoms with van der Waals surface area (Å²) in [4.78, 5) is 0. The van der Waals surface area contributed by atoms with E-state index < -0.39 is 11.0 Å². The lowest BCUT2D eigenvalue weighted by molar-refractivity contribution is 0.650. The zero-order valence-corrected chi connectivity index (χ0v) is 9.99. The molecule has 0 amide bonds. The average molecular weight is 203 g/mol. The molecule has 0 fully saturated rings. The Kier molecular flexibility index (Phi) is 6.21. The van der Waals surface area contributed by atoms with Crippen molar-refractivity contribution in [1.82, 2.24) is 0 Å². The van der Waals surface area contributed by atoms with Gasteiger partial charge in [-0.15, -0.1) is 0 Å². The van der Waals surface area contributed by atoms with Gasteiger partial charge >= 0.3 is 0 Å². The van der Waals surface area contributed by atoms with Crippen LogP contribution in [0.3, 0.4) is 0 Å². The summed E-state index contributed by atoms with van der Waals surface area (Å²) in [6, 6.07) is 0. The molecule has 0 rings (SSSR count). The third kappa shape index (κ3) is 6.94. The fourth-order valence-corrected chi connectivity index (χ4v) is 1.32. The molecule has 0 heterocycles. The lowest BCUT2D eigenvalue weighted by Gasteiger charge is -2.12. The van der Waals surface area contributed by atoms with Crippen LogP contribution in [0.5, 0.6) is 0 Å². The zero-order valence-electron chi connectivity index (χ0n) is 9.17. The second-order valence-electron chi connectivity index (χ2n) is 4.15. The zero-order chi connectivity index (χ0) is 10.3. The lowest BCUT2D eigenvalue weighted by atomic mass is 10.2. The van der Waals surface area contributed by atoms with Crippen molar-refractivity contribution in [2.75, 3.05) is 0 Å². The molecule has 0 radical (unpaired) electrons. The first-order valence-electron chi connectivity index (χ1n) is 4.93. The van der Waals surface area contributed by atoms with E-state index in [4.69, 9.17) is 0 Å². The first-order valence-corrected chi connectivity index (χ1v) is 6.03. The Labute approximate surface area is 84.4 Å². The topological polar surface area (TPSA) is 29.4 Å². The molecule has 0 spiro atoms. The van der Waals surface area contributed by atoms with Crippen molar-refractivity contribution in [3.8, 4) is 0 Å². The minimum absolute atomic E-state index is 0.221. The van der Waals surface area contributed by atoms with Gasteiger partial charge in [-0.25, -0.2) is 4.21 Å². The van der Waals surface area contributed by atoms with Crippen molar-refractivity contribution in [3.05, 3.63) is 0 Å². The number of unbranched alkanes of at least 4 members (excludes halogenated alkanes) is 3. The Morgan fingerprint density at radius 1 is 1.31 bits per heavy atom. The summed E-state index contributed by atoms with van der Waals surface area (Å²) in [7, 11) is -1.07. The molecule has 1 unspecified atom stereocenters. The molecular weight excluding hydrogens is 182 g/mol. The first kappa shape index (κ1) is 12.8. The summed E-state index contributed by atoms with van der Waals surface area (Å²) < 4.78 is 15.2. The smallest absolute Gasteiger partial charge is 0.144 e. The van der Waals surface area contributed by atoms with Crippen LogP contribution in [-0.4, -0.2) is 15.2 Å². The largest absolute Gasteiger partial charge is 0.234 e. The average Bonchev–Trinajstić information content (AvgIpc) is 2.02. The molecular formula is C10H21NOS. The fourth-order valence-electron chi connectivity index (χ4n) is 0.764. The fraction of sp³-hybridized carbons (Fsp3) is 0.900. The minimum atomic E-state index is -1.07. The van der Waals surface area contributed by atoms with Crippen LogP contribution in [-0.2, 0) is 11.0 Å². The van der Waals surface area contributed by atoms with Crippen LogP contribution in [0.25, 0.3) is 0 Å². The van der Waals surface area contributed by atoms with Crippen LogP contribution in [0.2, 0.25) is 0 Å². The van der Waals surface area contributed by atoms with Gasteiger partial charge in [0.05, 0.1) is 4.75 Å². The highest BCUT2D eigenvalue weighted by Gasteiger charge is 2.17. The van der Waals surface area contributed by atoms with Crippen LogP contribution in [0.1, 0.15) is 53.4 Å². The normalized spacial score (nSPS) is 15.1. The molecule has 0 aromatic heterocycles. The molecule has 0 saturated carbocycles. The van der Waals surface area contributed by atoms with Gasteiger partial charge in [-0.3, -0.25) is 0 Å². The van der Waals surface area contributed by atoms with E-state index in [0.717, 1.165) is 12.8 Å². The molecule has 3 heteroatoms. The summed E-state index contributed by atoms with van der Waals surface area (Å²) in [5.41, 5.74) is 0. The van der Waals surface area contributed by atoms with Gasteiger partial charge in [0, 0.05) is 6.21 Å². The molecule has 78 valence electrons. The number of hydrogen-bond acceptors (Lipinski definition) is 1. The number of rotatable bonds is 5. The molecule has 1 atom stereocenters. The molecule has 0 N–H and O–H groups in total. The predicted octanol–water partition coefficient (Wildman–Crippen LogP) is 3.10. The molecule has 0 aliphatic carbocycles. The van der Waals surface area contributed by atoms with Crippen LogP contribution in [0.15, 0.2) is 4.40 Å². The molecule has 0 aliphatic rings. The predicted molar refractivity (Wildman–Crippen MR) is 60.5 cm³/mol. The minimum Gasteiger partial charge on any atom is -0.234 e.